The van der Waals surface area contributed by atoms with E-state index >= 15 is 0 Å². The Kier molecular flexibility index (Phi) is 8.01. The fraction of sp³-hybridized carbons (Fsp3) is 0.423. The molecule has 2 aromatic rings. The predicted octanol–water partition coefficient (Wildman–Crippen LogP) is 1.13. The van der Waals surface area contributed by atoms with Gasteiger partial charge in [0.05, 0.1) is 61.7 Å². The molecule has 1 fully saturated rings. The first-order valence-electron chi connectivity index (χ1n) is 11.3. The zero-order chi connectivity index (χ0) is 25.9. The van der Waals surface area contributed by atoms with Gasteiger partial charge in [0.15, 0.2) is 17.3 Å². The van der Waals surface area contributed by atoms with Gasteiger partial charge in [-0.1, -0.05) is 0 Å². The molecule has 3 rings (SSSR count). The summed E-state index contributed by atoms with van der Waals surface area (Å²) in [4.78, 5) is 42.7. The number of likely N-dealkylation sites (tertiary alicyclic amines) is 1. The van der Waals surface area contributed by atoms with Crippen LogP contribution in [0.4, 0.5) is 0 Å². The molecule has 2 aromatic carbocycles. The predicted molar refractivity (Wildman–Crippen MR) is 129 cm³/mol. The molecule has 2 unspecified atom stereocenters. The number of Topliss-reactive ketones (excluding diaryl/α,β-unsaturated/α-hetero) is 2. The van der Waals surface area contributed by atoms with Gasteiger partial charge in [0.25, 0.3) is 5.91 Å². The molecule has 9 heteroatoms. The highest BCUT2D eigenvalue weighted by atomic mass is 16.5. The van der Waals surface area contributed by atoms with Crippen LogP contribution in [0.5, 0.6) is 23.0 Å². The molecule has 9 nitrogen and oxygen atoms in total. The van der Waals surface area contributed by atoms with E-state index in [2.05, 4.69) is 0 Å². The lowest BCUT2D eigenvalue weighted by Gasteiger charge is -2.28. The van der Waals surface area contributed by atoms with Crippen molar-refractivity contribution in [3.05, 3.63) is 47.0 Å². The largest absolute Gasteiger partial charge is 0.496 e. The molecule has 1 aliphatic heterocycles. The second-order valence-electron chi connectivity index (χ2n) is 8.75. The summed E-state index contributed by atoms with van der Waals surface area (Å²) in [5.74, 6) is -1.27. The maximum Gasteiger partial charge on any atom is 0.291 e. The van der Waals surface area contributed by atoms with Crippen LogP contribution in [0.1, 0.15) is 27.5 Å². The third-order valence-corrected chi connectivity index (χ3v) is 6.25. The number of aryl methyl sites for hydroxylation is 1. The molecule has 0 radical (unpaired) electrons. The van der Waals surface area contributed by atoms with Gasteiger partial charge in [0.2, 0.25) is 11.5 Å². The first kappa shape index (κ1) is 26.0. The van der Waals surface area contributed by atoms with Crippen molar-refractivity contribution in [3.63, 3.8) is 0 Å². The number of likely N-dealkylation sites (N-methyl/N-ethyl adjacent to an activating group) is 1. The quantitative estimate of drug-likeness (QED) is 0.306. The molecule has 0 aliphatic carbocycles. The van der Waals surface area contributed by atoms with Gasteiger partial charge in [0, 0.05) is 5.56 Å². The molecule has 0 bridgehead atoms. The number of methoxy groups -OCH3 is 4. The Morgan fingerprint density at radius 1 is 0.914 bits per heavy atom. The zero-order valence-electron chi connectivity index (χ0n) is 21.3. The molecule has 2 atom stereocenters. The van der Waals surface area contributed by atoms with Crippen LogP contribution in [0.25, 0.3) is 0 Å². The molecule has 1 heterocycles. The summed E-state index contributed by atoms with van der Waals surface area (Å²) in [6, 6.07) is 7.53. The van der Waals surface area contributed by atoms with Crippen molar-refractivity contribution in [1.82, 2.24) is 4.90 Å². The maximum absolute atomic E-state index is 13.7. The molecule has 35 heavy (non-hydrogen) atoms. The number of nitrogens with one attached hydrogen (secondary N) is 1. The smallest absolute Gasteiger partial charge is 0.291 e. The highest BCUT2D eigenvalue weighted by Crippen LogP contribution is 2.45. The fourth-order valence-corrected chi connectivity index (χ4v) is 4.43. The minimum absolute atomic E-state index is 0.305. The van der Waals surface area contributed by atoms with Crippen molar-refractivity contribution < 1.29 is 38.2 Å². The van der Waals surface area contributed by atoms with E-state index in [9.17, 15) is 14.4 Å². The number of amides is 1. The maximum atomic E-state index is 13.7. The number of carbonyl (C=O) groups excluding carboxylic acids is 3. The highest BCUT2D eigenvalue weighted by Gasteiger charge is 2.52. The van der Waals surface area contributed by atoms with Crippen molar-refractivity contribution in [1.29, 1.82) is 0 Å². The van der Waals surface area contributed by atoms with Crippen molar-refractivity contribution in [2.45, 2.75) is 13.0 Å². The molecule has 1 aliphatic rings. The molecule has 188 valence electrons. The SMILES string of the molecule is COc1ccc(C(=O)C2C(=O)C(=O)N(CC[NH+](C)C)C2c2cc(OC)c(OC)c(OC)c2)cc1C. The van der Waals surface area contributed by atoms with E-state index in [4.69, 9.17) is 18.9 Å². The van der Waals surface area contributed by atoms with Crippen LogP contribution in [0.15, 0.2) is 30.3 Å². The monoisotopic (exact) mass is 485 g/mol. The molecule has 0 aromatic heterocycles. The lowest BCUT2D eigenvalue weighted by Crippen LogP contribution is -3.06. The summed E-state index contributed by atoms with van der Waals surface area (Å²) in [6.07, 6.45) is 0. The summed E-state index contributed by atoms with van der Waals surface area (Å²) in [5.41, 5.74) is 1.65. The minimum atomic E-state index is -1.21. The van der Waals surface area contributed by atoms with Gasteiger partial charge in [-0.2, -0.15) is 0 Å². The van der Waals surface area contributed by atoms with Crippen molar-refractivity contribution in [2.75, 3.05) is 55.6 Å². The second-order valence-corrected chi connectivity index (χ2v) is 8.75. The summed E-state index contributed by atoms with van der Waals surface area (Å²) in [5, 5.41) is 0. The third-order valence-electron chi connectivity index (χ3n) is 6.25. The average molecular weight is 486 g/mol. The van der Waals surface area contributed by atoms with E-state index < -0.39 is 29.4 Å². The zero-order valence-corrected chi connectivity index (χ0v) is 21.3. The first-order chi connectivity index (χ1) is 16.7. The number of nitrogens with zero attached hydrogens (tertiary/aromatic N) is 1. The molecule has 0 spiro atoms. The standard InChI is InChI=1S/C26H32N2O7/c1-15-12-16(8-9-18(15)32-4)23(29)21-22(28(11-10-27(2)3)26(31)24(21)30)17-13-19(33-5)25(35-7)20(14-17)34-6/h8-9,12-14,21-22H,10-11H2,1-7H3/p+1. The molecule has 1 amide bonds. The number of rotatable bonds is 10. The summed E-state index contributed by atoms with van der Waals surface area (Å²) >= 11 is 0. The van der Waals surface area contributed by atoms with Gasteiger partial charge < -0.3 is 28.7 Å². The minimum Gasteiger partial charge on any atom is -0.496 e. The number of ether oxygens (including phenoxy) is 4. The number of benzene rings is 2. The molecular weight excluding hydrogens is 452 g/mol. The van der Waals surface area contributed by atoms with Gasteiger partial charge in [-0.25, -0.2) is 0 Å². The Hall–Kier alpha value is -3.59. The molecule has 0 saturated carbocycles. The van der Waals surface area contributed by atoms with Crippen molar-refractivity contribution in [3.8, 4) is 23.0 Å². The third kappa shape index (κ3) is 4.95. The summed E-state index contributed by atoms with van der Waals surface area (Å²) < 4.78 is 21.7. The number of hydrogen-bond donors (Lipinski definition) is 1. The van der Waals surface area contributed by atoms with Crippen LogP contribution >= 0.6 is 0 Å². The fourth-order valence-electron chi connectivity index (χ4n) is 4.43. The number of ketones is 2. The Bertz CT molecular complexity index is 1100. The van der Waals surface area contributed by atoms with Crippen LogP contribution in [-0.4, -0.2) is 78.0 Å². The van der Waals surface area contributed by atoms with Gasteiger partial charge in [-0.3, -0.25) is 14.4 Å². The topological polar surface area (TPSA) is 95.8 Å². The molecule has 1 N–H and O–H groups in total. The number of carbonyl (C=O) groups is 3. The van der Waals surface area contributed by atoms with E-state index in [0.29, 0.717) is 47.2 Å². The number of hydrogen-bond acceptors (Lipinski definition) is 7. The summed E-state index contributed by atoms with van der Waals surface area (Å²) in [7, 11) is 9.93. The van der Waals surface area contributed by atoms with Crippen LogP contribution in [-0.2, 0) is 9.59 Å². The van der Waals surface area contributed by atoms with E-state index in [1.54, 1.807) is 37.4 Å². The van der Waals surface area contributed by atoms with Crippen molar-refractivity contribution in [2.24, 2.45) is 5.92 Å². The number of quaternary nitrogens is 1. The van der Waals surface area contributed by atoms with Gasteiger partial charge in [0.1, 0.15) is 11.7 Å². The molecule has 1 saturated heterocycles. The van der Waals surface area contributed by atoms with Crippen molar-refractivity contribution >= 4 is 17.5 Å². The van der Waals surface area contributed by atoms with Crippen LogP contribution in [0, 0.1) is 12.8 Å². The Morgan fingerprint density at radius 2 is 1.51 bits per heavy atom. The van der Waals surface area contributed by atoms with Crippen LogP contribution in [0.3, 0.4) is 0 Å². The normalized spacial score (nSPS) is 17.7. The average Bonchev–Trinajstić information content (AvgIpc) is 3.10. The van der Waals surface area contributed by atoms with E-state index in [0.717, 1.165) is 10.5 Å². The first-order valence-corrected chi connectivity index (χ1v) is 11.3. The second kappa shape index (κ2) is 10.8. The highest BCUT2D eigenvalue weighted by molar-refractivity contribution is 6.44. The Labute approximate surface area is 205 Å². The van der Waals surface area contributed by atoms with Gasteiger partial charge >= 0.3 is 0 Å². The van der Waals surface area contributed by atoms with Gasteiger partial charge in [-0.15, -0.1) is 0 Å². The van der Waals surface area contributed by atoms with Crippen LogP contribution in [0.2, 0.25) is 0 Å². The van der Waals surface area contributed by atoms with Crippen LogP contribution < -0.4 is 23.8 Å². The Morgan fingerprint density at radius 3 is 2.00 bits per heavy atom. The van der Waals surface area contributed by atoms with Gasteiger partial charge in [-0.05, 0) is 48.4 Å². The Balaban J connectivity index is 2.16. The van der Waals surface area contributed by atoms with E-state index in [1.165, 1.54) is 26.2 Å². The molecular formula is C26H33N2O7+. The van der Waals surface area contributed by atoms with E-state index in [-0.39, 0.29) is 0 Å². The summed E-state index contributed by atoms with van der Waals surface area (Å²) in [6.45, 7) is 2.72. The van der Waals surface area contributed by atoms with E-state index in [1.807, 2.05) is 21.0 Å². The lowest BCUT2D eigenvalue weighted by molar-refractivity contribution is -0.857. The lowest BCUT2D eigenvalue weighted by atomic mass is 9.85.